The fraction of sp³-hybridized carbons (Fsp3) is 0.318. The van der Waals surface area contributed by atoms with E-state index in [0.717, 1.165) is 12.0 Å². The lowest BCUT2D eigenvalue weighted by atomic mass is 10.0. The lowest BCUT2D eigenvalue weighted by molar-refractivity contribution is 0.0710. The zero-order valence-corrected chi connectivity index (χ0v) is 18.1. The number of nitrogens with two attached hydrogens (primary N) is 2. The zero-order valence-electron chi connectivity index (χ0n) is 17.4. The Morgan fingerprint density at radius 3 is 2.81 bits per heavy atom. The monoisotopic (exact) mass is 439 g/mol. The molecule has 160 valence electrons. The number of ether oxygens (including phenoxy) is 1. The second-order valence-corrected chi connectivity index (χ2v) is 8.25. The van der Waals surface area contributed by atoms with E-state index in [-0.39, 0.29) is 28.0 Å². The summed E-state index contributed by atoms with van der Waals surface area (Å²) in [5.74, 6) is 5.48. The van der Waals surface area contributed by atoms with Gasteiger partial charge in [-0.15, -0.1) is 11.6 Å². The first kappa shape index (κ1) is 21.0. The Kier molecular flexibility index (Phi) is 5.04. The highest BCUT2D eigenvalue weighted by Crippen LogP contribution is 2.35. The second-order valence-electron chi connectivity index (χ2n) is 7.72. The average molecular weight is 440 g/mol. The molecule has 1 amide bonds. The molecule has 1 fully saturated rings. The second kappa shape index (κ2) is 7.45. The third-order valence-electron chi connectivity index (χ3n) is 5.58. The molecule has 31 heavy (non-hydrogen) atoms. The van der Waals surface area contributed by atoms with Gasteiger partial charge in [0, 0.05) is 5.56 Å². The molecule has 1 aromatic carbocycles. The largest absolute Gasteiger partial charge is 0.508 e. The summed E-state index contributed by atoms with van der Waals surface area (Å²) < 4.78 is 7.27. The van der Waals surface area contributed by atoms with Crippen molar-refractivity contribution in [2.75, 3.05) is 12.3 Å². The number of primary amides is 1. The van der Waals surface area contributed by atoms with Crippen molar-refractivity contribution < 1.29 is 14.6 Å². The lowest BCUT2D eigenvalue weighted by Gasteiger charge is -2.19. The molecule has 0 spiro atoms. The van der Waals surface area contributed by atoms with E-state index in [1.54, 1.807) is 23.6 Å². The molecule has 0 bridgehead atoms. The summed E-state index contributed by atoms with van der Waals surface area (Å²) in [7, 11) is 0. The van der Waals surface area contributed by atoms with Crippen molar-refractivity contribution in [3.8, 4) is 23.3 Å². The number of carbonyl (C=O) groups excluding carboxylic acids is 1. The van der Waals surface area contributed by atoms with Crippen molar-refractivity contribution >= 4 is 34.5 Å². The number of halogens is 1. The van der Waals surface area contributed by atoms with Crippen LogP contribution in [0.2, 0.25) is 0 Å². The third kappa shape index (κ3) is 3.36. The molecule has 0 unspecified atom stereocenters. The summed E-state index contributed by atoms with van der Waals surface area (Å²) in [5.41, 5.74) is 14.1. The SMILES string of the molecule is Cc1ccc(O)c(C)c1-n1c(N)c(C(N)=O)c2ncc(C#C[C@]3(C)OCC[C@@H]3Cl)nc21. The molecule has 1 saturated heterocycles. The predicted octanol–water partition coefficient (Wildman–Crippen LogP) is 2.56. The number of phenols is 1. The predicted molar refractivity (Wildman–Crippen MR) is 118 cm³/mol. The van der Waals surface area contributed by atoms with Crippen LogP contribution in [0.25, 0.3) is 16.9 Å². The number of rotatable bonds is 2. The molecule has 1 aliphatic heterocycles. The highest BCUT2D eigenvalue weighted by molar-refractivity contribution is 6.21. The van der Waals surface area contributed by atoms with Crippen LogP contribution in [0.4, 0.5) is 5.82 Å². The molecule has 0 radical (unpaired) electrons. The minimum atomic E-state index is -0.782. The van der Waals surface area contributed by atoms with E-state index in [2.05, 4.69) is 21.8 Å². The number of nitrogens with zero attached hydrogens (tertiary/aromatic N) is 3. The Morgan fingerprint density at radius 1 is 1.42 bits per heavy atom. The number of amides is 1. The van der Waals surface area contributed by atoms with Gasteiger partial charge >= 0.3 is 0 Å². The summed E-state index contributed by atoms with van der Waals surface area (Å²) in [5, 5.41) is 10.0. The highest BCUT2D eigenvalue weighted by atomic mass is 35.5. The topological polar surface area (TPSA) is 129 Å². The minimum Gasteiger partial charge on any atom is -0.508 e. The van der Waals surface area contributed by atoms with Crippen molar-refractivity contribution in [1.29, 1.82) is 0 Å². The number of aryl methyl sites for hydroxylation is 1. The Bertz CT molecular complexity index is 1290. The number of phenolic OH excluding ortho intramolecular Hbond substituents is 1. The van der Waals surface area contributed by atoms with Gasteiger partial charge in [0.1, 0.15) is 33.9 Å². The van der Waals surface area contributed by atoms with E-state index in [4.69, 9.17) is 27.8 Å². The Morgan fingerprint density at radius 2 is 2.16 bits per heavy atom. The summed E-state index contributed by atoms with van der Waals surface area (Å²) in [4.78, 5) is 21.1. The molecule has 3 heterocycles. The number of hydrogen-bond acceptors (Lipinski definition) is 6. The van der Waals surface area contributed by atoms with E-state index in [1.807, 2.05) is 13.8 Å². The molecule has 1 aliphatic rings. The number of nitrogen functional groups attached to an aromatic ring is 1. The van der Waals surface area contributed by atoms with E-state index in [9.17, 15) is 9.90 Å². The fourth-order valence-electron chi connectivity index (χ4n) is 3.80. The molecule has 5 N–H and O–H groups in total. The normalized spacial score (nSPS) is 20.6. The molecule has 0 aliphatic carbocycles. The number of anilines is 1. The number of carbonyl (C=O) groups is 1. The number of fused-ring (bicyclic) bond motifs is 1. The van der Waals surface area contributed by atoms with Gasteiger partial charge in [0.25, 0.3) is 5.91 Å². The van der Waals surface area contributed by atoms with Gasteiger partial charge in [0.15, 0.2) is 5.65 Å². The van der Waals surface area contributed by atoms with Gasteiger partial charge in [-0.3, -0.25) is 9.36 Å². The maximum atomic E-state index is 12.1. The van der Waals surface area contributed by atoms with Gasteiger partial charge in [-0.1, -0.05) is 12.0 Å². The standard InChI is InChI=1S/C22H22ClN5O3/c1-11-4-5-14(29)12(2)18(11)28-19(24)16(20(25)30)17-21(28)27-13(10-26-17)6-8-22(3)15(23)7-9-31-22/h4-5,10,15,29H,7,9,24H2,1-3H3,(H2,25,30)/t15-,22-/m0/s1. The third-order valence-corrected chi connectivity index (χ3v) is 6.22. The average Bonchev–Trinajstić information content (AvgIpc) is 3.20. The van der Waals surface area contributed by atoms with Crippen LogP contribution in [-0.2, 0) is 4.74 Å². The van der Waals surface area contributed by atoms with Gasteiger partial charge in [-0.05, 0) is 44.7 Å². The summed E-state index contributed by atoms with van der Waals surface area (Å²) in [6, 6.07) is 3.35. The smallest absolute Gasteiger partial charge is 0.254 e. The van der Waals surface area contributed by atoms with Crippen LogP contribution in [-0.4, -0.2) is 43.1 Å². The van der Waals surface area contributed by atoms with Crippen LogP contribution in [0.5, 0.6) is 5.75 Å². The molecule has 2 atom stereocenters. The van der Waals surface area contributed by atoms with Crippen molar-refractivity contribution in [2.24, 2.45) is 5.73 Å². The summed E-state index contributed by atoms with van der Waals surface area (Å²) in [6.45, 7) is 6.00. The molecule has 9 heteroatoms. The summed E-state index contributed by atoms with van der Waals surface area (Å²) in [6.07, 6.45) is 2.17. The number of aromatic hydroxyl groups is 1. The van der Waals surface area contributed by atoms with Gasteiger partial charge in [0.2, 0.25) is 0 Å². The number of hydrogen-bond donors (Lipinski definition) is 3. The van der Waals surface area contributed by atoms with E-state index in [0.29, 0.717) is 29.2 Å². The Balaban J connectivity index is 1.97. The van der Waals surface area contributed by atoms with Gasteiger partial charge in [0.05, 0.1) is 23.9 Å². The first-order chi connectivity index (χ1) is 14.6. The van der Waals surface area contributed by atoms with Crippen LogP contribution in [0, 0.1) is 25.7 Å². The van der Waals surface area contributed by atoms with E-state index < -0.39 is 11.5 Å². The number of aromatic nitrogens is 3. The van der Waals surface area contributed by atoms with Gasteiger partial charge in [-0.25, -0.2) is 9.97 Å². The molecular weight excluding hydrogens is 418 g/mol. The quantitative estimate of drug-likeness (QED) is 0.415. The number of alkyl halides is 1. The Labute approximate surface area is 184 Å². The first-order valence-electron chi connectivity index (χ1n) is 9.71. The highest BCUT2D eigenvalue weighted by Gasteiger charge is 2.37. The van der Waals surface area contributed by atoms with E-state index >= 15 is 0 Å². The fourth-order valence-corrected chi connectivity index (χ4v) is 4.01. The maximum Gasteiger partial charge on any atom is 0.254 e. The van der Waals surface area contributed by atoms with Crippen molar-refractivity contribution in [2.45, 2.75) is 38.2 Å². The van der Waals surface area contributed by atoms with Crippen molar-refractivity contribution in [1.82, 2.24) is 14.5 Å². The first-order valence-corrected chi connectivity index (χ1v) is 10.1. The van der Waals surface area contributed by atoms with Crippen molar-refractivity contribution in [3.63, 3.8) is 0 Å². The lowest BCUT2D eigenvalue weighted by Crippen LogP contribution is -2.30. The summed E-state index contributed by atoms with van der Waals surface area (Å²) >= 11 is 6.34. The molecule has 3 aromatic rings. The minimum absolute atomic E-state index is 0.0658. The van der Waals surface area contributed by atoms with Gasteiger partial charge in [-0.2, -0.15) is 0 Å². The molecule has 8 nitrogen and oxygen atoms in total. The van der Waals surface area contributed by atoms with Crippen molar-refractivity contribution in [3.05, 3.63) is 40.7 Å². The van der Waals surface area contributed by atoms with Gasteiger partial charge < -0.3 is 21.3 Å². The van der Waals surface area contributed by atoms with Crippen LogP contribution < -0.4 is 11.5 Å². The molecular formula is C22H22ClN5O3. The molecule has 2 aromatic heterocycles. The number of benzene rings is 1. The maximum absolute atomic E-state index is 12.1. The van der Waals surface area contributed by atoms with Crippen LogP contribution >= 0.6 is 11.6 Å². The molecule has 0 saturated carbocycles. The zero-order chi connectivity index (χ0) is 22.5. The molecule has 4 rings (SSSR count). The Hall–Kier alpha value is -3.28. The van der Waals surface area contributed by atoms with Crippen LogP contribution in [0.15, 0.2) is 18.3 Å². The van der Waals surface area contributed by atoms with E-state index in [1.165, 1.54) is 6.20 Å². The van der Waals surface area contributed by atoms with Crippen LogP contribution in [0.1, 0.15) is 40.5 Å². The van der Waals surface area contributed by atoms with Crippen LogP contribution in [0.3, 0.4) is 0 Å².